The number of amides is 1. The molecule has 2 atom stereocenters. The molecular formula is C19H18N6OS. The maximum absolute atomic E-state index is 13.1. The second-order valence-corrected chi connectivity index (χ2v) is 7.43. The highest BCUT2D eigenvalue weighted by molar-refractivity contribution is 8.13. The summed E-state index contributed by atoms with van der Waals surface area (Å²) in [6, 6.07) is 15.6. The average Bonchev–Trinajstić information content (AvgIpc) is 3.33. The van der Waals surface area contributed by atoms with Crippen LogP contribution >= 0.6 is 11.8 Å². The van der Waals surface area contributed by atoms with E-state index >= 15 is 0 Å². The molecule has 3 aromatic rings. The number of benzene rings is 1. The van der Waals surface area contributed by atoms with Crippen molar-refractivity contribution in [3.63, 3.8) is 0 Å². The van der Waals surface area contributed by atoms with Crippen molar-refractivity contribution in [1.29, 1.82) is 0 Å². The third-order valence-corrected chi connectivity index (χ3v) is 5.70. The number of pyridine rings is 1. The number of thioether (sulfide) groups is 1. The van der Waals surface area contributed by atoms with Crippen LogP contribution in [0.1, 0.15) is 5.69 Å². The summed E-state index contributed by atoms with van der Waals surface area (Å²) < 4.78 is 2.00. The lowest BCUT2D eigenvalue weighted by Gasteiger charge is -2.32. The van der Waals surface area contributed by atoms with Gasteiger partial charge in [0.05, 0.1) is 17.3 Å². The van der Waals surface area contributed by atoms with Gasteiger partial charge in [0.1, 0.15) is 11.8 Å². The van der Waals surface area contributed by atoms with E-state index in [0.717, 1.165) is 17.0 Å². The maximum Gasteiger partial charge on any atom is 0.241 e. The Morgan fingerprint density at radius 3 is 2.85 bits per heavy atom. The lowest BCUT2D eigenvalue weighted by atomic mass is 10.1. The standard InChI is InChI=1S/C19H18N6OS/c26-18-15-10-20-23-17(15)22-19(25(18)14-6-2-1-3-7-14)27-12-13-11-24-9-5-4-8-16(24)21-13/h1-9,11,15,17,20,23H,10,12H2. The van der Waals surface area contributed by atoms with E-state index in [1.807, 2.05) is 65.3 Å². The first-order chi connectivity index (χ1) is 13.3. The van der Waals surface area contributed by atoms with Crippen molar-refractivity contribution < 1.29 is 4.79 Å². The monoisotopic (exact) mass is 378 g/mol. The molecule has 1 saturated heterocycles. The van der Waals surface area contributed by atoms with E-state index in [4.69, 9.17) is 4.99 Å². The fraction of sp³-hybridized carbons (Fsp3) is 0.211. The number of nitrogens with one attached hydrogen (secondary N) is 2. The van der Waals surface area contributed by atoms with Crippen LogP contribution in [0.15, 0.2) is 65.9 Å². The van der Waals surface area contributed by atoms with E-state index in [1.165, 1.54) is 11.8 Å². The zero-order valence-electron chi connectivity index (χ0n) is 14.4. The molecule has 8 heteroatoms. The number of hydrogen-bond donors (Lipinski definition) is 2. The minimum Gasteiger partial charge on any atom is -0.307 e. The van der Waals surface area contributed by atoms with Crippen LogP contribution in [0.4, 0.5) is 5.69 Å². The zero-order valence-corrected chi connectivity index (χ0v) is 15.3. The molecule has 5 rings (SSSR count). The minimum absolute atomic E-state index is 0.0659. The van der Waals surface area contributed by atoms with Crippen molar-refractivity contribution in [2.75, 3.05) is 11.4 Å². The number of carbonyl (C=O) groups is 1. The van der Waals surface area contributed by atoms with Crippen LogP contribution in [-0.4, -0.2) is 33.2 Å². The Balaban J connectivity index is 1.44. The molecule has 1 aromatic carbocycles. The van der Waals surface area contributed by atoms with Gasteiger partial charge >= 0.3 is 0 Å². The summed E-state index contributed by atoms with van der Waals surface area (Å²) in [5.41, 5.74) is 8.85. The van der Waals surface area contributed by atoms with E-state index in [9.17, 15) is 4.79 Å². The second kappa shape index (κ2) is 6.80. The van der Waals surface area contributed by atoms with Gasteiger partial charge in [0.25, 0.3) is 0 Å². The summed E-state index contributed by atoms with van der Waals surface area (Å²) in [6.07, 6.45) is 3.77. The van der Waals surface area contributed by atoms with Gasteiger partial charge < -0.3 is 4.40 Å². The number of rotatable bonds is 3. The maximum atomic E-state index is 13.1. The van der Waals surface area contributed by atoms with Crippen LogP contribution in [-0.2, 0) is 10.5 Å². The number of nitrogens with zero attached hydrogens (tertiary/aromatic N) is 4. The van der Waals surface area contributed by atoms with Gasteiger partial charge in [0, 0.05) is 24.7 Å². The first-order valence-corrected chi connectivity index (χ1v) is 9.79. The number of amidine groups is 1. The van der Waals surface area contributed by atoms with Crippen molar-refractivity contribution in [2.24, 2.45) is 10.9 Å². The lowest BCUT2D eigenvalue weighted by molar-refractivity contribution is -0.121. The quantitative estimate of drug-likeness (QED) is 0.729. The van der Waals surface area contributed by atoms with Gasteiger partial charge in [-0.05, 0) is 24.3 Å². The number of fused-ring (bicyclic) bond motifs is 2. The fourth-order valence-electron chi connectivity index (χ4n) is 3.38. The van der Waals surface area contributed by atoms with Gasteiger partial charge in [-0.15, -0.1) is 0 Å². The number of aromatic nitrogens is 2. The van der Waals surface area contributed by atoms with Crippen molar-refractivity contribution in [3.05, 3.63) is 66.6 Å². The van der Waals surface area contributed by atoms with E-state index in [2.05, 4.69) is 15.8 Å². The van der Waals surface area contributed by atoms with E-state index in [0.29, 0.717) is 17.5 Å². The SMILES string of the molecule is O=C1C2CNNC2N=C(SCc2cn3ccccc3n2)N1c1ccccc1. The fourth-order valence-corrected chi connectivity index (χ4v) is 4.31. The van der Waals surface area contributed by atoms with Gasteiger partial charge in [-0.2, -0.15) is 0 Å². The summed E-state index contributed by atoms with van der Waals surface area (Å²) in [6.45, 7) is 0.584. The Morgan fingerprint density at radius 1 is 1.15 bits per heavy atom. The van der Waals surface area contributed by atoms with Crippen LogP contribution in [0.2, 0.25) is 0 Å². The molecule has 2 unspecified atom stereocenters. The first-order valence-electron chi connectivity index (χ1n) is 8.80. The first kappa shape index (κ1) is 16.5. The molecular weight excluding hydrogens is 360 g/mol. The Morgan fingerprint density at radius 2 is 2.00 bits per heavy atom. The van der Waals surface area contributed by atoms with Gasteiger partial charge in [-0.3, -0.25) is 15.1 Å². The highest BCUT2D eigenvalue weighted by atomic mass is 32.2. The van der Waals surface area contributed by atoms with Crippen LogP contribution < -0.4 is 15.8 Å². The minimum atomic E-state index is -0.221. The molecule has 0 spiro atoms. The summed E-state index contributed by atoms with van der Waals surface area (Å²) in [5, 5.41) is 0.695. The molecule has 136 valence electrons. The van der Waals surface area contributed by atoms with Crippen LogP contribution in [0.5, 0.6) is 0 Å². The van der Waals surface area contributed by atoms with Crippen molar-refractivity contribution >= 4 is 34.2 Å². The Labute approximate surface area is 160 Å². The van der Waals surface area contributed by atoms with E-state index < -0.39 is 0 Å². The molecule has 7 nitrogen and oxygen atoms in total. The third-order valence-electron chi connectivity index (χ3n) is 4.71. The van der Waals surface area contributed by atoms with Gasteiger partial charge in [0.2, 0.25) is 5.91 Å². The van der Waals surface area contributed by atoms with E-state index in [1.54, 1.807) is 4.90 Å². The van der Waals surface area contributed by atoms with Gasteiger partial charge in [0.15, 0.2) is 5.17 Å². The van der Waals surface area contributed by atoms with Crippen molar-refractivity contribution in [1.82, 2.24) is 20.2 Å². The molecule has 1 amide bonds. The number of carbonyl (C=O) groups excluding carboxylic acids is 1. The van der Waals surface area contributed by atoms with Crippen LogP contribution in [0.25, 0.3) is 5.65 Å². The third kappa shape index (κ3) is 3.01. The molecule has 27 heavy (non-hydrogen) atoms. The second-order valence-electron chi connectivity index (χ2n) is 6.48. The predicted molar refractivity (Wildman–Crippen MR) is 106 cm³/mol. The normalized spacial score (nSPS) is 22.1. The zero-order chi connectivity index (χ0) is 18.2. The summed E-state index contributed by atoms with van der Waals surface area (Å²) in [4.78, 5) is 24.3. The van der Waals surface area contributed by atoms with Crippen molar-refractivity contribution in [3.8, 4) is 0 Å². The number of aliphatic imine (C=N–C) groups is 1. The van der Waals surface area contributed by atoms with Gasteiger partial charge in [-0.1, -0.05) is 36.0 Å². The molecule has 4 heterocycles. The Kier molecular flexibility index (Phi) is 4.16. The average molecular weight is 378 g/mol. The largest absolute Gasteiger partial charge is 0.307 e. The highest BCUT2D eigenvalue weighted by Crippen LogP contribution is 2.30. The molecule has 2 aliphatic rings. The molecule has 0 bridgehead atoms. The van der Waals surface area contributed by atoms with Crippen molar-refractivity contribution in [2.45, 2.75) is 11.9 Å². The van der Waals surface area contributed by atoms with Crippen LogP contribution in [0.3, 0.4) is 0 Å². The number of imidazole rings is 1. The molecule has 2 aromatic heterocycles. The van der Waals surface area contributed by atoms with Gasteiger partial charge in [-0.25, -0.2) is 15.4 Å². The Bertz CT molecular complexity index is 984. The molecule has 2 N–H and O–H groups in total. The molecule has 0 saturated carbocycles. The predicted octanol–water partition coefficient (Wildman–Crippen LogP) is 2.02. The molecule has 0 radical (unpaired) electrons. The topological polar surface area (TPSA) is 74.0 Å². The number of anilines is 1. The van der Waals surface area contributed by atoms with E-state index in [-0.39, 0.29) is 18.0 Å². The molecule has 2 aliphatic heterocycles. The number of hydrazine groups is 1. The molecule has 1 fully saturated rings. The van der Waals surface area contributed by atoms with Crippen LogP contribution in [0, 0.1) is 5.92 Å². The number of hydrogen-bond acceptors (Lipinski definition) is 6. The Hall–Kier alpha value is -2.68. The highest BCUT2D eigenvalue weighted by Gasteiger charge is 2.42. The summed E-state index contributed by atoms with van der Waals surface area (Å²) in [5.74, 6) is 0.517. The lowest BCUT2D eigenvalue weighted by Crippen LogP contribution is -2.49. The summed E-state index contributed by atoms with van der Waals surface area (Å²) >= 11 is 1.53. The summed E-state index contributed by atoms with van der Waals surface area (Å²) in [7, 11) is 0. The smallest absolute Gasteiger partial charge is 0.241 e. The molecule has 0 aliphatic carbocycles. The number of para-hydroxylation sites is 1.